The topological polar surface area (TPSA) is 54.3 Å². The van der Waals surface area contributed by atoms with E-state index in [4.69, 9.17) is 11.6 Å². The molecule has 26 heavy (non-hydrogen) atoms. The predicted octanol–water partition coefficient (Wildman–Crippen LogP) is 4.30. The lowest BCUT2D eigenvalue weighted by molar-refractivity contribution is 0.0598. The van der Waals surface area contributed by atoms with E-state index in [1.807, 2.05) is 29.8 Å². The SMILES string of the molecule is Cc1cc(Cl)cc2c1c(C(=O)NCC13CCC(CC1)CC3)cn2CCO. The highest BCUT2D eigenvalue weighted by atomic mass is 35.5. The van der Waals surface area contributed by atoms with E-state index >= 15 is 0 Å². The lowest BCUT2D eigenvalue weighted by atomic mass is 9.61. The number of carbonyl (C=O) groups excluding carboxylic acids is 1. The number of nitrogens with one attached hydrogen (secondary N) is 1. The highest BCUT2D eigenvalue weighted by Crippen LogP contribution is 2.49. The number of halogens is 1. The second kappa shape index (κ2) is 6.90. The first-order valence-electron chi connectivity index (χ1n) is 9.69. The normalized spacial score (nSPS) is 25.0. The molecule has 0 atom stereocenters. The Balaban J connectivity index is 1.60. The third kappa shape index (κ3) is 3.14. The first-order valence-corrected chi connectivity index (χ1v) is 10.1. The summed E-state index contributed by atoms with van der Waals surface area (Å²) in [5, 5.41) is 14.2. The Morgan fingerprint density at radius 1 is 1.31 bits per heavy atom. The number of rotatable bonds is 5. The van der Waals surface area contributed by atoms with Crippen LogP contribution in [0.15, 0.2) is 18.3 Å². The predicted molar refractivity (Wildman–Crippen MR) is 105 cm³/mol. The van der Waals surface area contributed by atoms with Gasteiger partial charge in [0.05, 0.1) is 17.7 Å². The van der Waals surface area contributed by atoms with Crippen LogP contribution in [0.1, 0.15) is 54.4 Å². The monoisotopic (exact) mass is 374 g/mol. The molecule has 3 aliphatic carbocycles. The van der Waals surface area contributed by atoms with Gasteiger partial charge in [-0.25, -0.2) is 0 Å². The van der Waals surface area contributed by atoms with Crippen molar-refractivity contribution in [1.82, 2.24) is 9.88 Å². The van der Waals surface area contributed by atoms with Crippen LogP contribution in [0.3, 0.4) is 0 Å². The number of carbonyl (C=O) groups is 1. The number of fused-ring (bicyclic) bond motifs is 4. The number of benzene rings is 1. The molecule has 1 aromatic carbocycles. The van der Waals surface area contributed by atoms with Gasteiger partial charge >= 0.3 is 0 Å². The molecule has 0 saturated heterocycles. The minimum atomic E-state index is -0.0146. The van der Waals surface area contributed by atoms with Crippen LogP contribution in [0, 0.1) is 18.3 Å². The molecule has 1 amide bonds. The largest absolute Gasteiger partial charge is 0.395 e. The van der Waals surface area contributed by atoms with E-state index < -0.39 is 0 Å². The van der Waals surface area contributed by atoms with Crippen LogP contribution in [0.2, 0.25) is 5.02 Å². The Hall–Kier alpha value is -1.52. The van der Waals surface area contributed by atoms with Gasteiger partial charge < -0.3 is 15.0 Å². The third-order valence-electron chi connectivity index (χ3n) is 6.60. The number of aryl methyl sites for hydroxylation is 1. The number of aliphatic hydroxyl groups excluding tert-OH is 1. The maximum atomic E-state index is 13.0. The fourth-order valence-corrected chi connectivity index (χ4v) is 5.29. The van der Waals surface area contributed by atoms with E-state index in [-0.39, 0.29) is 12.5 Å². The van der Waals surface area contributed by atoms with Gasteiger partial charge in [0.25, 0.3) is 5.91 Å². The number of aromatic nitrogens is 1. The van der Waals surface area contributed by atoms with Crippen molar-refractivity contribution in [1.29, 1.82) is 0 Å². The van der Waals surface area contributed by atoms with Gasteiger partial charge in [0.1, 0.15) is 0 Å². The first kappa shape index (κ1) is 17.9. The van der Waals surface area contributed by atoms with Crippen LogP contribution in [0.4, 0.5) is 0 Å². The van der Waals surface area contributed by atoms with Gasteiger partial charge in [-0.15, -0.1) is 0 Å². The zero-order valence-electron chi connectivity index (χ0n) is 15.4. The summed E-state index contributed by atoms with van der Waals surface area (Å²) >= 11 is 6.21. The van der Waals surface area contributed by atoms with Crippen LogP contribution in [0.25, 0.3) is 10.9 Å². The summed E-state index contributed by atoms with van der Waals surface area (Å²) in [6.07, 6.45) is 9.57. The van der Waals surface area contributed by atoms with E-state index in [2.05, 4.69) is 5.32 Å². The zero-order chi connectivity index (χ0) is 18.3. The smallest absolute Gasteiger partial charge is 0.253 e. The molecule has 1 aromatic heterocycles. The highest BCUT2D eigenvalue weighted by Gasteiger charge is 2.40. The van der Waals surface area contributed by atoms with Gasteiger partial charge in [-0.2, -0.15) is 0 Å². The average Bonchev–Trinajstić information content (AvgIpc) is 3.00. The maximum Gasteiger partial charge on any atom is 0.253 e. The van der Waals surface area contributed by atoms with Crippen molar-refractivity contribution in [3.63, 3.8) is 0 Å². The van der Waals surface area contributed by atoms with Crippen LogP contribution in [0.5, 0.6) is 0 Å². The number of hydrogen-bond donors (Lipinski definition) is 2. The van der Waals surface area contributed by atoms with Crippen molar-refractivity contribution in [2.45, 2.75) is 52.0 Å². The molecule has 140 valence electrons. The van der Waals surface area contributed by atoms with Gasteiger partial charge in [-0.05, 0) is 74.5 Å². The summed E-state index contributed by atoms with van der Waals surface area (Å²) in [7, 11) is 0. The Kier molecular flexibility index (Phi) is 4.74. The summed E-state index contributed by atoms with van der Waals surface area (Å²) in [4.78, 5) is 13.0. The van der Waals surface area contributed by atoms with Gasteiger partial charge in [0, 0.05) is 29.7 Å². The van der Waals surface area contributed by atoms with E-state index in [1.54, 1.807) is 0 Å². The second-order valence-corrected chi connectivity index (χ2v) is 8.68. The Morgan fingerprint density at radius 3 is 2.65 bits per heavy atom. The molecule has 2 N–H and O–H groups in total. The summed E-state index contributed by atoms with van der Waals surface area (Å²) in [6.45, 7) is 3.24. The Morgan fingerprint density at radius 2 is 2.00 bits per heavy atom. The molecular weight excluding hydrogens is 348 g/mol. The molecule has 0 radical (unpaired) electrons. The molecule has 3 fully saturated rings. The lowest BCUT2D eigenvalue weighted by Crippen LogP contribution is -2.43. The average molecular weight is 375 g/mol. The summed E-state index contributed by atoms with van der Waals surface area (Å²) in [6, 6.07) is 3.77. The molecule has 1 heterocycles. The number of aliphatic hydroxyl groups is 1. The summed E-state index contributed by atoms with van der Waals surface area (Å²) < 4.78 is 1.92. The van der Waals surface area contributed by atoms with E-state index in [9.17, 15) is 9.90 Å². The molecule has 0 spiro atoms. The van der Waals surface area contributed by atoms with E-state index in [0.29, 0.717) is 22.5 Å². The van der Waals surface area contributed by atoms with E-state index in [0.717, 1.165) is 28.9 Å². The molecule has 3 saturated carbocycles. The second-order valence-electron chi connectivity index (χ2n) is 8.24. The zero-order valence-corrected chi connectivity index (χ0v) is 16.1. The molecule has 4 nitrogen and oxygen atoms in total. The summed E-state index contributed by atoms with van der Waals surface area (Å²) in [5.74, 6) is 0.913. The van der Waals surface area contributed by atoms with Crippen molar-refractivity contribution in [3.05, 3.63) is 34.5 Å². The van der Waals surface area contributed by atoms with Crippen LogP contribution >= 0.6 is 11.6 Å². The standard InChI is InChI=1S/C21H27ClN2O2/c1-14-10-16(22)11-18-19(14)17(12-24(18)8-9-25)20(26)23-13-21-5-2-15(3-6-21)4-7-21/h10-12,15,25H,2-9,13H2,1H3,(H,23,26). The molecule has 5 heteroatoms. The van der Waals surface area contributed by atoms with E-state index in [1.165, 1.54) is 38.5 Å². The minimum absolute atomic E-state index is 0.0146. The summed E-state index contributed by atoms with van der Waals surface area (Å²) in [5.41, 5.74) is 2.89. The molecule has 5 rings (SSSR count). The van der Waals surface area contributed by atoms with Gasteiger partial charge in [0.2, 0.25) is 0 Å². The maximum absolute atomic E-state index is 13.0. The van der Waals surface area contributed by atoms with Gasteiger partial charge in [-0.1, -0.05) is 11.6 Å². The Labute approximate surface area is 159 Å². The number of nitrogens with zero attached hydrogens (tertiary/aromatic N) is 1. The highest BCUT2D eigenvalue weighted by molar-refractivity contribution is 6.31. The quantitative estimate of drug-likeness (QED) is 0.819. The van der Waals surface area contributed by atoms with Crippen molar-refractivity contribution in [3.8, 4) is 0 Å². The molecule has 0 aliphatic heterocycles. The fraction of sp³-hybridized carbons (Fsp3) is 0.571. The van der Waals surface area contributed by atoms with Crippen molar-refractivity contribution in [2.24, 2.45) is 11.3 Å². The van der Waals surface area contributed by atoms with Crippen molar-refractivity contribution >= 4 is 28.4 Å². The molecule has 2 aromatic rings. The molecule has 2 bridgehead atoms. The minimum Gasteiger partial charge on any atom is -0.395 e. The van der Waals surface area contributed by atoms with Crippen molar-refractivity contribution in [2.75, 3.05) is 13.2 Å². The van der Waals surface area contributed by atoms with Crippen LogP contribution in [-0.2, 0) is 6.54 Å². The number of hydrogen-bond acceptors (Lipinski definition) is 2. The van der Waals surface area contributed by atoms with Crippen LogP contribution in [-0.4, -0.2) is 28.7 Å². The van der Waals surface area contributed by atoms with Gasteiger partial charge in [-0.3, -0.25) is 4.79 Å². The van der Waals surface area contributed by atoms with Crippen LogP contribution < -0.4 is 5.32 Å². The first-order chi connectivity index (χ1) is 12.5. The number of amides is 1. The lowest BCUT2D eigenvalue weighted by Gasteiger charge is -2.46. The fourth-order valence-electron chi connectivity index (χ4n) is 5.02. The van der Waals surface area contributed by atoms with Gasteiger partial charge in [0.15, 0.2) is 0 Å². The Bertz CT molecular complexity index is 820. The third-order valence-corrected chi connectivity index (χ3v) is 6.82. The molecule has 3 aliphatic rings. The molecular formula is C21H27ClN2O2. The molecule has 0 unspecified atom stereocenters. The van der Waals surface area contributed by atoms with Crippen molar-refractivity contribution < 1.29 is 9.90 Å².